The molecular formula is C20H40O3. The molecule has 138 valence electrons. The Kier molecular flexibility index (Phi) is 15.9. The monoisotopic (exact) mass is 328 g/mol. The van der Waals surface area contributed by atoms with Gasteiger partial charge in [0.25, 0.3) is 0 Å². The highest BCUT2D eigenvalue weighted by molar-refractivity contribution is 5.66. The Balaban J connectivity index is 3.50. The van der Waals surface area contributed by atoms with Crippen molar-refractivity contribution >= 4 is 5.97 Å². The van der Waals surface area contributed by atoms with Crippen LogP contribution in [0, 0.1) is 5.92 Å². The predicted molar refractivity (Wildman–Crippen MR) is 97.9 cm³/mol. The second-order valence-corrected chi connectivity index (χ2v) is 7.01. The summed E-state index contributed by atoms with van der Waals surface area (Å²) < 4.78 is 5.70. The molecule has 0 saturated heterocycles. The van der Waals surface area contributed by atoms with Crippen LogP contribution in [0.3, 0.4) is 0 Å². The first-order valence-electron chi connectivity index (χ1n) is 9.86. The lowest BCUT2D eigenvalue weighted by molar-refractivity contribution is -0.137. The summed E-state index contributed by atoms with van der Waals surface area (Å²) in [6, 6.07) is 0. The number of carboxylic acid groups (broad SMARTS) is 1. The van der Waals surface area contributed by atoms with Crippen LogP contribution in [0.5, 0.6) is 0 Å². The zero-order valence-electron chi connectivity index (χ0n) is 15.8. The van der Waals surface area contributed by atoms with E-state index in [2.05, 4.69) is 13.8 Å². The fourth-order valence-electron chi connectivity index (χ4n) is 3.22. The number of carbonyl (C=O) groups is 1. The molecule has 2 unspecified atom stereocenters. The van der Waals surface area contributed by atoms with E-state index in [0.29, 0.717) is 18.4 Å². The number of hydrogen-bond donors (Lipinski definition) is 1. The first-order chi connectivity index (χ1) is 11.1. The Morgan fingerprint density at radius 1 is 0.870 bits per heavy atom. The third-order valence-electron chi connectivity index (χ3n) is 4.83. The van der Waals surface area contributed by atoms with Gasteiger partial charge in [-0.1, -0.05) is 78.1 Å². The molecule has 1 N–H and O–H groups in total. The molecule has 0 radical (unpaired) electrons. The van der Waals surface area contributed by atoms with Crippen LogP contribution >= 0.6 is 0 Å². The highest BCUT2D eigenvalue weighted by Crippen LogP contribution is 2.21. The van der Waals surface area contributed by atoms with Gasteiger partial charge in [-0.05, 0) is 25.2 Å². The lowest BCUT2D eigenvalue weighted by Crippen LogP contribution is -2.20. The molecule has 23 heavy (non-hydrogen) atoms. The number of ether oxygens (including phenoxy) is 1. The molecule has 0 rings (SSSR count). The highest BCUT2D eigenvalue weighted by Gasteiger charge is 2.15. The summed E-state index contributed by atoms with van der Waals surface area (Å²) in [6.45, 7) is 4.59. The first-order valence-corrected chi connectivity index (χ1v) is 9.86. The van der Waals surface area contributed by atoms with E-state index in [9.17, 15) is 4.79 Å². The first kappa shape index (κ1) is 22.4. The molecule has 0 saturated carbocycles. The number of methoxy groups -OCH3 is 1. The lowest BCUT2D eigenvalue weighted by atomic mass is 9.93. The van der Waals surface area contributed by atoms with Gasteiger partial charge in [-0.15, -0.1) is 0 Å². The molecule has 0 bridgehead atoms. The van der Waals surface area contributed by atoms with Crippen LogP contribution in [0.15, 0.2) is 0 Å². The van der Waals surface area contributed by atoms with Gasteiger partial charge in [0.05, 0.1) is 6.10 Å². The maximum atomic E-state index is 10.4. The minimum Gasteiger partial charge on any atom is -0.481 e. The minimum absolute atomic E-state index is 0.325. The van der Waals surface area contributed by atoms with Crippen LogP contribution in [0.25, 0.3) is 0 Å². The molecule has 0 aliphatic heterocycles. The van der Waals surface area contributed by atoms with E-state index in [4.69, 9.17) is 9.84 Å². The highest BCUT2D eigenvalue weighted by atomic mass is 16.5. The van der Waals surface area contributed by atoms with Gasteiger partial charge in [0.1, 0.15) is 0 Å². The second-order valence-electron chi connectivity index (χ2n) is 7.01. The van der Waals surface area contributed by atoms with Gasteiger partial charge in [0.15, 0.2) is 0 Å². The lowest BCUT2D eigenvalue weighted by Gasteiger charge is -2.22. The average molecular weight is 329 g/mol. The van der Waals surface area contributed by atoms with E-state index in [1.807, 2.05) is 7.11 Å². The third-order valence-corrected chi connectivity index (χ3v) is 4.83. The van der Waals surface area contributed by atoms with Gasteiger partial charge in [-0.3, -0.25) is 4.79 Å². The number of carboxylic acids is 1. The fourth-order valence-corrected chi connectivity index (χ4v) is 3.22. The van der Waals surface area contributed by atoms with E-state index in [1.54, 1.807) is 0 Å². The Morgan fingerprint density at radius 2 is 1.39 bits per heavy atom. The Bertz CT molecular complexity index is 266. The minimum atomic E-state index is -0.667. The van der Waals surface area contributed by atoms with Crippen molar-refractivity contribution in [1.29, 1.82) is 0 Å². The van der Waals surface area contributed by atoms with E-state index in [-0.39, 0.29) is 0 Å². The van der Waals surface area contributed by atoms with Gasteiger partial charge in [-0.25, -0.2) is 0 Å². The third kappa shape index (κ3) is 14.7. The van der Waals surface area contributed by atoms with Crippen LogP contribution in [0.4, 0.5) is 0 Å². The summed E-state index contributed by atoms with van der Waals surface area (Å²) in [7, 11) is 1.86. The van der Waals surface area contributed by atoms with Crippen molar-refractivity contribution in [3.05, 3.63) is 0 Å². The molecule has 3 heteroatoms. The van der Waals surface area contributed by atoms with Crippen molar-refractivity contribution in [3.8, 4) is 0 Å². The second kappa shape index (κ2) is 16.3. The van der Waals surface area contributed by atoms with Crippen molar-refractivity contribution in [2.75, 3.05) is 7.11 Å². The van der Waals surface area contributed by atoms with Crippen molar-refractivity contribution in [2.45, 2.75) is 110 Å². The topological polar surface area (TPSA) is 46.5 Å². The molecule has 0 spiro atoms. The van der Waals surface area contributed by atoms with Crippen molar-refractivity contribution in [2.24, 2.45) is 5.92 Å². The van der Waals surface area contributed by atoms with E-state index < -0.39 is 5.97 Å². The summed E-state index contributed by atoms with van der Waals surface area (Å²) in [4.78, 5) is 10.4. The molecule has 2 atom stereocenters. The largest absolute Gasteiger partial charge is 0.481 e. The summed E-state index contributed by atoms with van der Waals surface area (Å²) in [5, 5.41) is 8.58. The SMILES string of the molecule is CCCCCCC(C)C(CCCCCCCCCC(=O)O)OC. The van der Waals surface area contributed by atoms with E-state index in [1.165, 1.54) is 70.6 Å². The Labute approximate surface area is 144 Å². The Hall–Kier alpha value is -0.570. The molecule has 0 heterocycles. The predicted octanol–water partition coefficient (Wildman–Crippen LogP) is 6.20. The van der Waals surface area contributed by atoms with Crippen molar-refractivity contribution in [1.82, 2.24) is 0 Å². The summed E-state index contributed by atoms with van der Waals surface area (Å²) in [5.74, 6) is 0.00676. The molecule has 0 aromatic carbocycles. The standard InChI is InChI=1S/C20H40O3/c1-4-5-6-12-15-18(2)19(23-3)16-13-10-8-7-9-11-14-17-20(21)22/h18-19H,4-17H2,1-3H3,(H,21,22). The normalized spacial score (nSPS) is 13.9. The quantitative estimate of drug-likeness (QED) is 0.323. The molecule has 0 aromatic heterocycles. The molecular weight excluding hydrogens is 288 g/mol. The zero-order valence-corrected chi connectivity index (χ0v) is 15.8. The molecule has 0 aromatic rings. The molecule has 0 amide bonds. The number of aliphatic carboxylic acids is 1. The Morgan fingerprint density at radius 3 is 1.96 bits per heavy atom. The van der Waals surface area contributed by atoms with Crippen molar-refractivity contribution in [3.63, 3.8) is 0 Å². The average Bonchev–Trinajstić information content (AvgIpc) is 2.53. The van der Waals surface area contributed by atoms with Crippen LogP contribution in [-0.4, -0.2) is 24.3 Å². The summed E-state index contributed by atoms with van der Waals surface area (Å²) >= 11 is 0. The van der Waals surface area contributed by atoms with Crippen molar-refractivity contribution < 1.29 is 14.6 Å². The van der Waals surface area contributed by atoms with Gasteiger partial charge in [-0.2, -0.15) is 0 Å². The number of rotatable bonds is 17. The fraction of sp³-hybridized carbons (Fsp3) is 0.950. The molecule has 3 nitrogen and oxygen atoms in total. The zero-order chi connectivity index (χ0) is 17.3. The van der Waals surface area contributed by atoms with Crippen LogP contribution in [0.1, 0.15) is 104 Å². The van der Waals surface area contributed by atoms with Gasteiger partial charge in [0.2, 0.25) is 0 Å². The van der Waals surface area contributed by atoms with E-state index >= 15 is 0 Å². The van der Waals surface area contributed by atoms with Gasteiger partial charge in [0, 0.05) is 13.5 Å². The van der Waals surface area contributed by atoms with Crippen LogP contribution < -0.4 is 0 Å². The molecule has 0 aliphatic rings. The van der Waals surface area contributed by atoms with Gasteiger partial charge >= 0.3 is 5.97 Å². The van der Waals surface area contributed by atoms with Crippen LogP contribution in [0.2, 0.25) is 0 Å². The molecule has 0 fully saturated rings. The summed E-state index contributed by atoms with van der Waals surface area (Å²) in [5.41, 5.74) is 0. The van der Waals surface area contributed by atoms with E-state index in [0.717, 1.165) is 12.8 Å². The summed E-state index contributed by atoms with van der Waals surface area (Å²) in [6.07, 6.45) is 16.7. The molecule has 0 aliphatic carbocycles. The van der Waals surface area contributed by atoms with Crippen LogP contribution in [-0.2, 0) is 9.53 Å². The van der Waals surface area contributed by atoms with Gasteiger partial charge < -0.3 is 9.84 Å². The smallest absolute Gasteiger partial charge is 0.303 e. The number of unbranched alkanes of at least 4 members (excludes halogenated alkanes) is 9. The maximum absolute atomic E-state index is 10.4. The number of hydrogen-bond acceptors (Lipinski definition) is 2. The maximum Gasteiger partial charge on any atom is 0.303 e.